The van der Waals surface area contributed by atoms with E-state index in [0.717, 1.165) is 31.9 Å². The summed E-state index contributed by atoms with van der Waals surface area (Å²) in [6, 6.07) is 14.9. The molecule has 6 aromatic rings. The zero-order chi connectivity index (χ0) is 43.0. The quantitative estimate of drug-likeness (QED) is 0.115. The number of carbonyl (C=O) groups is 1. The first-order valence-electron chi connectivity index (χ1n) is 17.9. The van der Waals surface area contributed by atoms with Gasteiger partial charge in [-0.3, -0.25) is 14.0 Å². The highest BCUT2D eigenvalue weighted by Gasteiger charge is 2.32. The highest BCUT2D eigenvalue weighted by atomic mass is 35.5. The number of benzene rings is 4. The third kappa shape index (κ3) is 9.54. The average molecular weight is 859 g/mol. The summed E-state index contributed by atoms with van der Waals surface area (Å²) in [4.78, 5) is 33.1. The molecule has 0 saturated heterocycles. The van der Waals surface area contributed by atoms with Gasteiger partial charge in [0, 0.05) is 18.6 Å². The topological polar surface area (TPSA) is 147 Å². The number of amides is 1. The van der Waals surface area contributed by atoms with Crippen LogP contribution in [0.2, 0.25) is 5.02 Å². The lowest BCUT2D eigenvalue weighted by Crippen LogP contribution is -2.39. The fourth-order valence-electron chi connectivity index (χ4n) is 6.51. The predicted molar refractivity (Wildman–Crippen MR) is 214 cm³/mol. The highest BCUT2D eigenvalue weighted by molar-refractivity contribution is 7.92. The number of fused-ring (bicyclic) bond motifs is 2. The summed E-state index contributed by atoms with van der Waals surface area (Å²) in [5, 5.41) is 6.86. The fraction of sp³-hybridized carbons (Fsp3) is 0.300. The molecule has 2 heterocycles. The van der Waals surface area contributed by atoms with E-state index in [1.807, 2.05) is 0 Å². The molecular formula is C40H39ClF4N6O7S. The summed E-state index contributed by atoms with van der Waals surface area (Å²) in [6.45, 7) is 3.46. The Balaban J connectivity index is 1.69. The van der Waals surface area contributed by atoms with Crippen LogP contribution in [-0.2, 0) is 34.3 Å². The summed E-state index contributed by atoms with van der Waals surface area (Å²) >= 11 is 6.81. The van der Waals surface area contributed by atoms with Crippen molar-refractivity contribution in [3.05, 3.63) is 117 Å². The van der Waals surface area contributed by atoms with Crippen LogP contribution in [0.3, 0.4) is 0 Å². The van der Waals surface area contributed by atoms with Crippen molar-refractivity contribution < 1.29 is 45.0 Å². The van der Waals surface area contributed by atoms with Gasteiger partial charge in [-0.15, -0.1) is 0 Å². The Labute approximate surface area is 341 Å². The van der Waals surface area contributed by atoms with Gasteiger partial charge < -0.3 is 19.5 Å². The smallest absolute Gasteiger partial charge is 0.408 e. The number of alkyl carbamates (subject to hydrolysis) is 1. The largest absolute Gasteiger partial charge is 0.497 e. The van der Waals surface area contributed by atoms with Gasteiger partial charge in [0.1, 0.15) is 41.1 Å². The molecule has 312 valence electrons. The monoisotopic (exact) mass is 858 g/mol. The molecule has 0 saturated carbocycles. The molecule has 1 atom stereocenters. The normalized spacial score (nSPS) is 12.5. The van der Waals surface area contributed by atoms with Gasteiger partial charge in [-0.1, -0.05) is 23.7 Å². The molecule has 4 aromatic carbocycles. The summed E-state index contributed by atoms with van der Waals surface area (Å²) in [5.41, 5.74) is -1.52. The van der Waals surface area contributed by atoms with Crippen molar-refractivity contribution in [1.82, 2.24) is 24.6 Å². The molecule has 1 amide bonds. The second-order valence-electron chi connectivity index (χ2n) is 14.5. The van der Waals surface area contributed by atoms with Crippen molar-refractivity contribution in [2.75, 3.05) is 24.8 Å². The number of nitrogens with zero attached hydrogens (tertiary/aromatic N) is 5. The number of carbonyl (C=O) groups excluding carboxylic acids is 1. The van der Waals surface area contributed by atoms with Crippen LogP contribution in [-0.4, -0.2) is 66.3 Å². The molecular weight excluding hydrogens is 820 g/mol. The number of nitrogens with one attached hydrogen (secondary N) is 1. The number of sulfonamides is 1. The molecule has 2 aromatic heterocycles. The van der Waals surface area contributed by atoms with E-state index in [1.165, 1.54) is 44.6 Å². The number of methoxy groups -OCH3 is 2. The first kappa shape index (κ1) is 42.7. The van der Waals surface area contributed by atoms with Crippen LogP contribution in [0.4, 0.5) is 28.2 Å². The van der Waals surface area contributed by atoms with Gasteiger partial charge in [-0.2, -0.15) is 5.10 Å². The summed E-state index contributed by atoms with van der Waals surface area (Å²) in [6.07, 6.45) is -3.47. The second-order valence-corrected chi connectivity index (χ2v) is 16.8. The maximum Gasteiger partial charge on any atom is 0.408 e. The molecule has 59 heavy (non-hydrogen) atoms. The van der Waals surface area contributed by atoms with Crippen molar-refractivity contribution in [3.63, 3.8) is 0 Å². The number of halogens is 5. The van der Waals surface area contributed by atoms with E-state index in [0.29, 0.717) is 23.1 Å². The van der Waals surface area contributed by atoms with Gasteiger partial charge in [-0.05, 0) is 80.4 Å². The first-order chi connectivity index (χ1) is 27.8. The van der Waals surface area contributed by atoms with Crippen molar-refractivity contribution in [3.8, 4) is 17.2 Å². The van der Waals surface area contributed by atoms with Gasteiger partial charge in [0.15, 0.2) is 5.82 Å². The minimum Gasteiger partial charge on any atom is -0.497 e. The summed E-state index contributed by atoms with van der Waals surface area (Å²) in [7, 11) is -1.34. The van der Waals surface area contributed by atoms with Crippen molar-refractivity contribution in [1.29, 1.82) is 0 Å². The van der Waals surface area contributed by atoms with Crippen LogP contribution >= 0.6 is 11.6 Å². The molecule has 0 aliphatic rings. The molecule has 0 radical (unpaired) electrons. The Morgan fingerprint density at radius 3 is 2.17 bits per heavy atom. The Kier molecular flexibility index (Phi) is 12.1. The molecule has 19 heteroatoms. The van der Waals surface area contributed by atoms with E-state index < -0.39 is 57.9 Å². The lowest BCUT2D eigenvalue weighted by atomic mass is 10.0. The van der Waals surface area contributed by atoms with Crippen molar-refractivity contribution in [2.24, 2.45) is 0 Å². The first-order valence-corrected chi connectivity index (χ1v) is 20.1. The SMILES string of the molecule is COc1ccc(CN(c2nn(CC(F)F)c3c(-n4c(C(Cc5cc(F)cc(F)c5)NC(=O)OC(C)(C)C)nc5cc(OC)ccc5c4=O)ccc(Cl)c23)S(C)(=O)=O)cc1. The number of rotatable bonds is 13. The molecule has 0 bridgehead atoms. The lowest BCUT2D eigenvalue weighted by molar-refractivity contribution is 0.0500. The van der Waals surface area contributed by atoms with E-state index in [9.17, 15) is 35.6 Å². The van der Waals surface area contributed by atoms with Gasteiger partial charge in [0.25, 0.3) is 12.0 Å². The summed E-state index contributed by atoms with van der Waals surface area (Å²) in [5.74, 6) is -1.58. The van der Waals surface area contributed by atoms with E-state index in [-0.39, 0.29) is 62.7 Å². The molecule has 6 rings (SSSR count). The number of hydrogen-bond acceptors (Lipinski definition) is 9. The van der Waals surface area contributed by atoms with Gasteiger partial charge in [-0.25, -0.2) is 40.1 Å². The minimum atomic E-state index is -4.20. The number of anilines is 1. The predicted octanol–water partition coefficient (Wildman–Crippen LogP) is 7.72. The molecule has 0 aliphatic heterocycles. The van der Waals surface area contributed by atoms with Gasteiger partial charge in [0.2, 0.25) is 10.0 Å². The Hall–Kier alpha value is -5.88. The second kappa shape index (κ2) is 16.8. The van der Waals surface area contributed by atoms with Gasteiger partial charge >= 0.3 is 6.09 Å². The summed E-state index contributed by atoms with van der Waals surface area (Å²) < 4.78 is 104. The van der Waals surface area contributed by atoms with Gasteiger partial charge in [0.05, 0.1) is 65.6 Å². The molecule has 0 fully saturated rings. The highest BCUT2D eigenvalue weighted by Crippen LogP contribution is 2.39. The molecule has 13 nitrogen and oxygen atoms in total. The Bertz CT molecular complexity index is 2700. The standard InChI is InChI=1S/C40H39ClF4N6O7S/c1-40(2,3)58-39(53)47-31(17-23-15-24(42)18-25(43)16-23)36-46-30-19-27(57-5)11-12-28(30)38(52)51(36)32-14-13-29(41)34-35(32)49(21-33(44)45)48-37(34)50(59(6,54)55)20-22-7-9-26(56-4)10-8-22/h7-16,18-19,31,33H,17,20-21H2,1-6H3,(H,47,53). The number of hydrogen-bond donors (Lipinski definition) is 1. The van der Waals surface area contributed by atoms with Crippen molar-refractivity contribution >= 4 is 55.3 Å². The Morgan fingerprint density at radius 1 is 0.932 bits per heavy atom. The molecule has 1 unspecified atom stereocenters. The van der Waals surface area contributed by atoms with Crippen LogP contribution in [0.15, 0.2) is 77.6 Å². The average Bonchev–Trinajstić information content (AvgIpc) is 3.51. The van der Waals surface area contributed by atoms with Crippen LogP contribution in [0.5, 0.6) is 11.5 Å². The van der Waals surface area contributed by atoms with E-state index in [1.54, 1.807) is 45.0 Å². The van der Waals surface area contributed by atoms with Crippen LogP contribution in [0.1, 0.15) is 43.8 Å². The maximum absolute atomic E-state index is 14.9. The molecule has 1 N–H and O–H groups in total. The number of alkyl halides is 2. The van der Waals surface area contributed by atoms with E-state index >= 15 is 0 Å². The zero-order valence-electron chi connectivity index (χ0n) is 32.6. The van der Waals surface area contributed by atoms with E-state index in [4.69, 9.17) is 30.8 Å². The Morgan fingerprint density at radius 2 is 1.58 bits per heavy atom. The third-order valence-corrected chi connectivity index (χ3v) is 10.4. The fourth-order valence-corrected chi connectivity index (χ4v) is 7.57. The maximum atomic E-state index is 14.9. The zero-order valence-corrected chi connectivity index (χ0v) is 34.2. The number of aromatic nitrogens is 4. The van der Waals surface area contributed by atoms with E-state index in [2.05, 4.69) is 10.4 Å². The molecule has 0 spiro atoms. The number of ether oxygens (including phenoxy) is 3. The lowest BCUT2D eigenvalue weighted by Gasteiger charge is -2.26. The van der Waals surface area contributed by atoms with Crippen LogP contribution in [0, 0.1) is 11.6 Å². The van der Waals surface area contributed by atoms with Crippen LogP contribution < -0.4 is 24.7 Å². The molecule has 0 aliphatic carbocycles. The minimum absolute atomic E-state index is 0.0166. The third-order valence-electron chi connectivity index (χ3n) is 8.94. The van der Waals surface area contributed by atoms with Crippen LogP contribution in [0.25, 0.3) is 27.5 Å². The van der Waals surface area contributed by atoms with Crippen molar-refractivity contribution in [2.45, 2.75) is 58.3 Å².